The Morgan fingerprint density at radius 3 is 2.48 bits per heavy atom. The number of carbonyl (C=O) groups excluding carboxylic acids is 2. The molecule has 1 heterocycles. The van der Waals surface area contributed by atoms with Crippen molar-refractivity contribution in [2.45, 2.75) is 33.6 Å². The van der Waals surface area contributed by atoms with Gasteiger partial charge in [0.1, 0.15) is 5.01 Å². The summed E-state index contributed by atoms with van der Waals surface area (Å²) in [7, 11) is 0. The Kier molecular flexibility index (Phi) is 7.72. The molecule has 0 spiro atoms. The Bertz CT molecular complexity index is 1040. The summed E-state index contributed by atoms with van der Waals surface area (Å²) in [6.07, 6.45) is 0.985. The average Bonchev–Trinajstić information content (AvgIpc) is 3.23. The summed E-state index contributed by atoms with van der Waals surface area (Å²) in [5, 5.41) is 15.1. The lowest BCUT2D eigenvalue weighted by Gasteiger charge is -2.23. The van der Waals surface area contributed by atoms with Crippen molar-refractivity contribution in [3.8, 4) is 10.6 Å². The Labute approximate surface area is 186 Å². The van der Waals surface area contributed by atoms with Crippen LogP contribution < -0.4 is 10.6 Å². The van der Waals surface area contributed by atoms with Gasteiger partial charge in [0, 0.05) is 30.8 Å². The van der Waals surface area contributed by atoms with Crippen molar-refractivity contribution in [3.05, 3.63) is 59.7 Å². The lowest BCUT2D eigenvalue weighted by Crippen LogP contribution is -2.37. The van der Waals surface area contributed by atoms with E-state index in [-0.39, 0.29) is 18.4 Å². The summed E-state index contributed by atoms with van der Waals surface area (Å²) in [6, 6.07) is 15.3. The van der Waals surface area contributed by atoms with Crippen LogP contribution in [0.1, 0.15) is 30.9 Å². The number of carbonyl (C=O) groups is 2. The molecule has 3 aromatic rings. The van der Waals surface area contributed by atoms with Gasteiger partial charge in [-0.1, -0.05) is 60.7 Å². The summed E-state index contributed by atoms with van der Waals surface area (Å²) in [5.41, 5.74) is 3.90. The van der Waals surface area contributed by atoms with Crippen LogP contribution in [-0.2, 0) is 4.79 Å². The number of aryl methyl sites for hydroxylation is 1. The fourth-order valence-corrected chi connectivity index (χ4v) is 3.82. The predicted molar refractivity (Wildman–Crippen MR) is 125 cm³/mol. The first-order chi connectivity index (χ1) is 15.0. The van der Waals surface area contributed by atoms with E-state index >= 15 is 0 Å². The van der Waals surface area contributed by atoms with Crippen LogP contribution in [0, 0.1) is 13.8 Å². The highest BCUT2D eigenvalue weighted by Crippen LogP contribution is 2.26. The third-order valence-corrected chi connectivity index (χ3v) is 5.82. The molecule has 0 saturated heterocycles. The molecule has 0 aliphatic heterocycles. The lowest BCUT2D eigenvalue weighted by atomic mass is 10.1. The zero-order valence-electron chi connectivity index (χ0n) is 18.0. The van der Waals surface area contributed by atoms with Crippen molar-refractivity contribution >= 4 is 34.1 Å². The number of hydrogen-bond donors (Lipinski definition) is 2. The normalized spacial score (nSPS) is 10.5. The van der Waals surface area contributed by atoms with Gasteiger partial charge in [0.15, 0.2) is 0 Å². The van der Waals surface area contributed by atoms with Crippen LogP contribution in [0.25, 0.3) is 10.6 Å². The highest BCUT2D eigenvalue weighted by molar-refractivity contribution is 7.18. The Hall–Kier alpha value is -3.26. The smallest absolute Gasteiger partial charge is 0.321 e. The standard InChI is InChI=1S/C23H27N5O2S/c1-4-14-28(23(30)24-19-12-8-9-16(2)17(19)3)15-13-20(29)25-22-27-26-21(31-22)18-10-6-5-7-11-18/h5-12H,4,13-15H2,1-3H3,(H,24,30)(H,25,27,29). The number of hydrogen-bond acceptors (Lipinski definition) is 5. The molecule has 0 radical (unpaired) electrons. The molecule has 31 heavy (non-hydrogen) atoms. The quantitative estimate of drug-likeness (QED) is 0.514. The molecule has 0 fully saturated rings. The fourth-order valence-electron chi connectivity index (χ4n) is 3.05. The van der Waals surface area contributed by atoms with Crippen LogP contribution in [0.5, 0.6) is 0 Å². The van der Waals surface area contributed by atoms with E-state index in [0.29, 0.717) is 18.2 Å². The molecule has 1 aromatic heterocycles. The van der Waals surface area contributed by atoms with E-state index in [1.807, 2.05) is 69.3 Å². The third-order valence-electron chi connectivity index (χ3n) is 4.93. The molecule has 0 unspecified atom stereocenters. The van der Waals surface area contributed by atoms with E-state index in [1.165, 1.54) is 11.3 Å². The summed E-state index contributed by atoms with van der Waals surface area (Å²) in [4.78, 5) is 26.8. The molecule has 0 atom stereocenters. The molecule has 3 amide bonds. The largest absolute Gasteiger partial charge is 0.324 e. The Morgan fingerprint density at radius 1 is 0.968 bits per heavy atom. The molecular formula is C23H27N5O2S. The minimum atomic E-state index is -0.203. The Morgan fingerprint density at radius 2 is 1.74 bits per heavy atom. The van der Waals surface area contributed by atoms with E-state index in [2.05, 4.69) is 20.8 Å². The summed E-state index contributed by atoms with van der Waals surface area (Å²) >= 11 is 1.32. The molecule has 0 saturated carbocycles. The topological polar surface area (TPSA) is 87.2 Å². The maximum absolute atomic E-state index is 12.8. The summed E-state index contributed by atoms with van der Waals surface area (Å²) in [6.45, 7) is 6.89. The molecule has 162 valence electrons. The van der Waals surface area contributed by atoms with Crippen molar-refractivity contribution < 1.29 is 9.59 Å². The van der Waals surface area contributed by atoms with Crippen LogP contribution in [0.15, 0.2) is 48.5 Å². The predicted octanol–water partition coefficient (Wildman–Crippen LogP) is 5.09. The lowest BCUT2D eigenvalue weighted by molar-refractivity contribution is -0.116. The maximum Gasteiger partial charge on any atom is 0.321 e. The maximum atomic E-state index is 12.8. The van der Waals surface area contributed by atoms with Gasteiger partial charge in [-0.25, -0.2) is 4.79 Å². The molecule has 3 rings (SSSR count). The number of nitrogens with zero attached hydrogens (tertiary/aromatic N) is 3. The second kappa shape index (κ2) is 10.7. The van der Waals surface area contributed by atoms with Crippen LogP contribution in [0.3, 0.4) is 0 Å². The van der Waals surface area contributed by atoms with E-state index in [9.17, 15) is 9.59 Å². The molecule has 0 aliphatic rings. The summed E-state index contributed by atoms with van der Waals surface area (Å²) < 4.78 is 0. The number of anilines is 2. The van der Waals surface area contributed by atoms with E-state index < -0.39 is 0 Å². The van der Waals surface area contributed by atoms with E-state index in [4.69, 9.17) is 0 Å². The number of benzene rings is 2. The van der Waals surface area contributed by atoms with Crippen molar-refractivity contribution in [1.29, 1.82) is 0 Å². The highest BCUT2D eigenvalue weighted by atomic mass is 32.1. The number of urea groups is 1. The zero-order chi connectivity index (χ0) is 22.2. The zero-order valence-corrected chi connectivity index (χ0v) is 18.8. The van der Waals surface area contributed by atoms with Gasteiger partial charge in [-0.05, 0) is 37.5 Å². The minimum absolute atomic E-state index is 0.181. The number of rotatable bonds is 8. The van der Waals surface area contributed by atoms with Crippen molar-refractivity contribution in [3.63, 3.8) is 0 Å². The molecule has 2 aromatic carbocycles. The van der Waals surface area contributed by atoms with Gasteiger partial charge in [-0.2, -0.15) is 0 Å². The minimum Gasteiger partial charge on any atom is -0.324 e. The Balaban J connectivity index is 1.56. The van der Waals surface area contributed by atoms with E-state index in [1.54, 1.807) is 4.90 Å². The number of aromatic nitrogens is 2. The van der Waals surface area contributed by atoms with E-state index in [0.717, 1.165) is 33.8 Å². The van der Waals surface area contributed by atoms with Gasteiger partial charge in [0.2, 0.25) is 11.0 Å². The first kappa shape index (κ1) is 22.4. The first-order valence-corrected chi connectivity index (χ1v) is 11.1. The van der Waals surface area contributed by atoms with Crippen LogP contribution in [0.2, 0.25) is 0 Å². The second-order valence-electron chi connectivity index (χ2n) is 7.24. The highest BCUT2D eigenvalue weighted by Gasteiger charge is 2.16. The number of nitrogens with one attached hydrogen (secondary N) is 2. The second-order valence-corrected chi connectivity index (χ2v) is 8.22. The molecule has 0 aliphatic carbocycles. The molecule has 0 bridgehead atoms. The average molecular weight is 438 g/mol. The van der Waals surface area contributed by atoms with Crippen LogP contribution >= 0.6 is 11.3 Å². The molecule has 8 heteroatoms. The van der Waals surface area contributed by atoms with Gasteiger partial charge >= 0.3 is 6.03 Å². The van der Waals surface area contributed by atoms with Crippen LogP contribution in [-0.4, -0.2) is 40.1 Å². The van der Waals surface area contributed by atoms with Crippen molar-refractivity contribution in [2.75, 3.05) is 23.7 Å². The van der Waals surface area contributed by atoms with Gasteiger partial charge < -0.3 is 15.5 Å². The van der Waals surface area contributed by atoms with Crippen LogP contribution in [0.4, 0.5) is 15.6 Å². The van der Waals surface area contributed by atoms with Gasteiger partial charge in [0.05, 0.1) is 0 Å². The molecule has 2 N–H and O–H groups in total. The fraction of sp³-hybridized carbons (Fsp3) is 0.304. The SMILES string of the molecule is CCCN(CCC(=O)Nc1nnc(-c2ccccc2)s1)C(=O)Nc1cccc(C)c1C. The van der Waals surface area contributed by atoms with Crippen molar-refractivity contribution in [2.24, 2.45) is 0 Å². The summed E-state index contributed by atoms with van der Waals surface area (Å²) in [5.74, 6) is -0.198. The number of amides is 3. The third kappa shape index (κ3) is 6.11. The van der Waals surface area contributed by atoms with Gasteiger partial charge in [-0.3, -0.25) is 4.79 Å². The monoisotopic (exact) mass is 437 g/mol. The first-order valence-electron chi connectivity index (χ1n) is 10.3. The van der Waals surface area contributed by atoms with Gasteiger partial charge in [-0.15, -0.1) is 10.2 Å². The molecule has 7 nitrogen and oxygen atoms in total. The molecular weight excluding hydrogens is 410 g/mol. The van der Waals surface area contributed by atoms with Gasteiger partial charge in [0.25, 0.3) is 0 Å². The van der Waals surface area contributed by atoms with Crippen molar-refractivity contribution in [1.82, 2.24) is 15.1 Å².